The Morgan fingerprint density at radius 3 is 2.52 bits per heavy atom. The predicted octanol–water partition coefficient (Wildman–Crippen LogP) is 3.60. The van der Waals surface area contributed by atoms with Crippen molar-refractivity contribution < 1.29 is 4.79 Å². The molecule has 0 unspecified atom stereocenters. The summed E-state index contributed by atoms with van der Waals surface area (Å²) in [4.78, 5) is 11.9. The molecule has 112 valence electrons. The molecule has 0 radical (unpaired) electrons. The first-order valence-electron chi connectivity index (χ1n) is 6.84. The number of hydrogen-bond donors (Lipinski definition) is 2. The number of benzene rings is 1. The number of hydrogen-bond acceptors (Lipinski definition) is 2. The largest absolute Gasteiger partial charge is 0.334 e. The normalized spacial score (nSPS) is 10.5. The number of nitrogens with zero attached hydrogens (tertiary/aromatic N) is 2. The minimum Gasteiger partial charge on any atom is -0.334 e. The zero-order valence-electron chi connectivity index (χ0n) is 12.4. The van der Waals surface area contributed by atoms with E-state index in [1.54, 1.807) is 0 Å². The molecule has 2 aromatic rings. The number of amides is 2. The molecule has 1 aromatic carbocycles. The first kappa shape index (κ1) is 15.6. The number of carbonyl (C=O) groups excluding carboxylic acids is 1. The predicted molar refractivity (Wildman–Crippen MR) is 87.4 cm³/mol. The van der Waals surface area contributed by atoms with Crippen molar-refractivity contribution in [3.05, 3.63) is 45.7 Å². The van der Waals surface area contributed by atoms with E-state index in [0.717, 1.165) is 33.7 Å². The third kappa shape index (κ3) is 3.85. The molecule has 0 spiro atoms. The molecule has 2 amide bonds. The van der Waals surface area contributed by atoms with Gasteiger partial charge in [0, 0.05) is 34.5 Å². The first-order chi connectivity index (χ1) is 10.0. The molecule has 0 bridgehead atoms. The van der Waals surface area contributed by atoms with Crippen molar-refractivity contribution >= 4 is 27.6 Å². The molecular weight excluding hydrogens is 332 g/mol. The lowest BCUT2D eigenvalue weighted by Gasteiger charge is -2.08. The van der Waals surface area contributed by atoms with Gasteiger partial charge in [-0.1, -0.05) is 15.9 Å². The average molecular weight is 351 g/mol. The zero-order valence-corrected chi connectivity index (χ0v) is 14.0. The van der Waals surface area contributed by atoms with E-state index in [-0.39, 0.29) is 6.03 Å². The molecular formula is C15H19BrN4O. The summed E-state index contributed by atoms with van der Waals surface area (Å²) in [5.74, 6) is 0. The Hall–Kier alpha value is -1.82. The number of aromatic nitrogens is 2. The fraction of sp³-hybridized carbons (Fsp3) is 0.333. The molecule has 21 heavy (non-hydrogen) atoms. The van der Waals surface area contributed by atoms with Gasteiger partial charge in [0.1, 0.15) is 0 Å². The van der Waals surface area contributed by atoms with Crippen molar-refractivity contribution in [1.29, 1.82) is 0 Å². The molecule has 0 aliphatic heterocycles. The van der Waals surface area contributed by atoms with E-state index in [4.69, 9.17) is 0 Å². The second-order valence-corrected chi connectivity index (χ2v) is 5.70. The van der Waals surface area contributed by atoms with Gasteiger partial charge in [0.15, 0.2) is 0 Å². The molecule has 0 atom stereocenters. The molecule has 1 heterocycles. The molecule has 2 N–H and O–H groups in total. The van der Waals surface area contributed by atoms with Crippen molar-refractivity contribution in [2.45, 2.75) is 33.9 Å². The van der Waals surface area contributed by atoms with Gasteiger partial charge in [-0.15, -0.1) is 0 Å². The van der Waals surface area contributed by atoms with E-state index in [1.165, 1.54) is 0 Å². The van der Waals surface area contributed by atoms with Crippen LogP contribution < -0.4 is 10.6 Å². The summed E-state index contributed by atoms with van der Waals surface area (Å²) in [7, 11) is 0. The van der Waals surface area contributed by atoms with Crippen LogP contribution in [0, 0.1) is 13.8 Å². The number of nitrogens with one attached hydrogen (secondary N) is 2. The molecule has 0 fully saturated rings. The quantitative estimate of drug-likeness (QED) is 0.884. The Balaban J connectivity index is 1.95. The smallest absolute Gasteiger partial charge is 0.319 e. The van der Waals surface area contributed by atoms with Crippen LogP contribution in [0.4, 0.5) is 10.5 Å². The van der Waals surface area contributed by atoms with Gasteiger partial charge in [-0.2, -0.15) is 5.10 Å². The van der Waals surface area contributed by atoms with E-state index in [0.29, 0.717) is 6.54 Å². The lowest BCUT2D eigenvalue weighted by atomic mass is 10.2. The number of urea groups is 1. The van der Waals surface area contributed by atoms with Crippen LogP contribution >= 0.6 is 15.9 Å². The summed E-state index contributed by atoms with van der Waals surface area (Å²) in [5, 5.41) is 10.1. The maximum absolute atomic E-state index is 11.9. The van der Waals surface area contributed by atoms with Gasteiger partial charge in [0.2, 0.25) is 0 Å². The SMILES string of the molecule is CCn1nc(C)c(CNC(=O)Nc2ccc(Br)cc2)c1C. The van der Waals surface area contributed by atoms with Gasteiger partial charge >= 0.3 is 6.03 Å². The van der Waals surface area contributed by atoms with Gasteiger partial charge in [-0.3, -0.25) is 4.68 Å². The molecule has 1 aromatic heterocycles. The van der Waals surface area contributed by atoms with Gasteiger partial charge in [0.05, 0.1) is 5.69 Å². The highest BCUT2D eigenvalue weighted by Gasteiger charge is 2.11. The fourth-order valence-corrected chi connectivity index (χ4v) is 2.44. The van der Waals surface area contributed by atoms with Gasteiger partial charge in [-0.05, 0) is 45.0 Å². The second kappa shape index (κ2) is 6.76. The van der Waals surface area contributed by atoms with E-state index in [2.05, 4.69) is 38.6 Å². The van der Waals surface area contributed by atoms with Gasteiger partial charge in [-0.25, -0.2) is 4.79 Å². The van der Waals surface area contributed by atoms with Crippen LogP contribution in [0.2, 0.25) is 0 Å². The monoisotopic (exact) mass is 350 g/mol. The lowest BCUT2D eigenvalue weighted by Crippen LogP contribution is -2.28. The summed E-state index contributed by atoms with van der Waals surface area (Å²) in [5.41, 5.74) is 3.88. The summed E-state index contributed by atoms with van der Waals surface area (Å²) >= 11 is 3.36. The molecule has 0 aliphatic rings. The number of aryl methyl sites for hydroxylation is 2. The zero-order chi connectivity index (χ0) is 15.4. The van der Waals surface area contributed by atoms with Crippen LogP contribution in [0.1, 0.15) is 23.9 Å². The van der Waals surface area contributed by atoms with Crippen molar-refractivity contribution in [3.8, 4) is 0 Å². The standard InChI is InChI=1S/C15H19BrN4O/c1-4-20-11(3)14(10(2)19-20)9-17-15(21)18-13-7-5-12(16)6-8-13/h5-8H,4,9H2,1-3H3,(H2,17,18,21). The maximum Gasteiger partial charge on any atom is 0.319 e. The minimum absolute atomic E-state index is 0.222. The second-order valence-electron chi connectivity index (χ2n) is 4.78. The van der Waals surface area contributed by atoms with Crippen LogP contribution in [-0.2, 0) is 13.1 Å². The Bertz CT molecular complexity index is 634. The number of rotatable bonds is 4. The fourth-order valence-electron chi connectivity index (χ4n) is 2.17. The molecule has 5 nitrogen and oxygen atoms in total. The Labute approximate surface area is 132 Å². The number of carbonyl (C=O) groups is 1. The Kier molecular flexibility index (Phi) is 5.01. The van der Waals surface area contributed by atoms with Crippen molar-refractivity contribution in [2.75, 3.05) is 5.32 Å². The topological polar surface area (TPSA) is 59.0 Å². The lowest BCUT2D eigenvalue weighted by molar-refractivity contribution is 0.251. The Morgan fingerprint density at radius 1 is 1.29 bits per heavy atom. The highest BCUT2D eigenvalue weighted by Crippen LogP contribution is 2.15. The molecule has 0 aliphatic carbocycles. The summed E-state index contributed by atoms with van der Waals surface area (Å²) in [6, 6.07) is 7.23. The van der Waals surface area contributed by atoms with Crippen LogP contribution in [-0.4, -0.2) is 15.8 Å². The summed E-state index contributed by atoms with van der Waals surface area (Å²) in [6.45, 7) is 7.34. The van der Waals surface area contributed by atoms with Crippen LogP contribution in [0.25, 0.3) is 0 Å². The first-order valence-corrected chi connectivity index (χ1v) is 7.64. The van der Waals surface area contributed by atoms with Crippen molar-refractivity contribution in [3.63, 3.8) is 0 Å². The molecule has 2 rings (SSSR count). The highest BCUT2D eigenvalue weighted by molar-refractivity contribution is 9.10. The van der Waals surface area contributed by atoms with Crippen molar-refractivity contribution in [1.82, 2.24) is 15.1 Å². The van der Waals surface area contributed by atoms with E-state index in [1.807, 2.05) is 42.8 Å². The molecule has 0 saturated heterocycles. The third-order valence-corrected chi connectivity index (χ3v) is 3.89. The van der Waals surface area contributed by atoms with Crippen LogP contribution in [0.5, 0.6) is 0 Å². The highest BCUT2D eigenvalue weighted by atomic mass is 79.9. The third-order valence-electron chi connectivity index (χ3n) is 3.36. The van der Waals surface area contributed by atoms with E-state index >= 15 is 0 Å². The molecule has 6 heteroatoms. The van der Waals surface area contributed by atoms with Crippen LogP contribution in [0.15, 0.2) is 28.7 Å². The number of halogens is 1. The van der Waals surface area contributed by atoms with Crippen LogP contribution in [0.3, 0.4) is 0 Å². The average Bonchev–Trinajstić information content (AvgIpc) is 2.74. The minimum atomic E-state index is -0.222. The van der Waals surface area contributed by atoms with Gasteiger partial charge < -0.3 is 10.6 Å². The van der Waals surface area contributed by atoms with E-state index < -0.39 is 0 Å². The number of anilines is 1. The summed E-state index contributed by atoms with van der Waals surface area (Å²) in [6.07, 6.45) is 0. The summed E-state index contributed by atoms with van der Waals surface area (Å²) < 4.78 is 2.92. The van der Waals surface area contributed by atoms with Crippen molar-refractivity contribution in [2.24, 2.45) is 0 Å². The Morgan fingerprint density at radius 2 is 1.95 bits per heavy atom. The maximum atomic E-state index is 11.9. The van der Waals surface area contributed by atoms with Gasteiger partial charge in [0.25, 0.3) is 0 Å². The molecule has 0 saturated carbocycles. The van der Waals surface area contributed by atoms with E-state index in [9.17, 15) is 4.79 Å².